The first-order valence-corrected chi connectivity index (χ1v) is 5.46. The van der Waals surface area contributed by atoms with Crippen LogP contribution in [0.2, 0.25) is 0 Å². The molecule has 0 heterocycles. The summed E-state index contributed by atoms with van der Waals surface area (Å²) in [4.78, 5) is 11.4. The first-order chi connectivity index (χ1) is 7.81. The Bertz CT molecular complexity index is 428. The summed E-state index contributed by atoms with van der Waals surface area (Å²) in [5, 5.41) is 0. The van der Waals surface area contributed by atoms with Gasteiger partial charge in [0.05, 0.1) is 0 Å². The molecule has 0 spiro atoms. The monoisotopic (exact) mass is 234 g/mol. The van der Waals surface area contributed by atoms with Gasteiger partial charge in [0.25, 0.3) is 0 Å². The topological polar surface area (TPSA) is 35.5 Å². The second-order valence-corrected chi connectivity index (χ2v) is 4.79. The third-order valence-electron chi connectivity index (χ3n) is 2.05. The van der Waals surface area contributed by atoms with E-state index in [1.54, 1.807) is 39.0 Å². The lowest BCUT2D eigenvalue weighted by molar-refractivity contribution is 0.0206. The zero-order chi connectivity index (χ0) is 13.1. The van der Waals surface area contributed by atoms with E-state index in [1.807, 2.05) is 13.0 Å². The Kier molecular flexibility index (Phi) is 3.94. The van der Waals surface area contributed by atoms with Crippen molar-refractivity contribution in [2.24, 2.45) is 0 Å². The molecule has 0 saturated carbocycles. The van der Waals surface area contributed by atoms with E-state index in [1.165, 1.54) is 0 Å². The molecule has 0 N–H and O–H groups in total. The average molecular weight is 234 g/mol. The second-order valence-electron chi connectivity index (χ2n) is 4.79. The molecule has 0 saturated heterocycles. The maximum Gasteiger partial charge on any atom is 0.514 e. The van der Waals surface area contributed by atoms with Crippen LogP contribution in [0.15, 0.2) is 24.8 Å². The molecule has 0 radical (unpaired) electrons. The number of carbonyl (C=O) groups excluding carboxylic acids is 1. The van der Waals surface area contributed by atoms with Crippen molar-refractivity contribution in [2.45, 2.75) is 33.3 Å². The fourth-order valence-electron chi connectivity index (χ4n) is 1.31. The molecule has 0 fully saturated rings. The number of rotatable bonds is 2. The smallest absolute Gasteiger partial charge is 0.428 e. The van der Waals surface area contributed by atoms with Crippen LogP contribution in [-0.4, -0.2) is 11.8 Å². The third kappa shape index (κ3) is 4.31. The van der Waals surface area contributed by atoms with Gasteiger partial charge in [-0.05, 0) is 51.0 Å². The lowest BCUT2D eigenvalue weighted by atomic mass is 10.1. The highest BCUT2D eigenvalue weighted by atomic mass is 16.7. The predicted molar refractivity (Wildman–Crippen MR) is 68.1 cm³/mol. The largest absolute Gasteiger partial charge is 0.514 e. The predicted octanol–water partition coefficient (Wildman–Crippen LogP) is 3.95. The molecule has 1 aromatic carbocycles. The van der Waals surface area contributed by atoms with Crippen molar-refractivity contribution < 1.29 is 14.3 Å². The van der Waals surface area contributed by atoms with Crippen LogP contribution in [-0.2, 0) is 4.74 Å². The molecule has 92 valence electrons. The van der Waals surface area contributed by atoms with Crippen molar-refractivity contribution in [1.82, 2.24) is 0 Å². The molecular weight excluding hydrogens is 216 g/mol. The first kappa shape index (κ1) is 13.3. The van der Waals surface area contributed by atoms with Gasteiger partial charge in [0, 0.05) is 0 Å². The van der Waals surface area contributed by atoms with Crippen LogP contribution in [0.4, 0.5) is 4.79 Å². The van der Waals surface area contributed by atoms with Crippen LogP contribution in [0.5, 0.6) is 5.75 Å². The lowest BCUT2D eigenvalue weighted by Gasteiger charge is -2.18. The van der Waals surface area contributed by atoms with Crippen molar-refractivity contribution in [1.29, 1.82) is 0 Å². The summed E-state index contributed by atoms with van der Waals surface area (Å²) in [7, 11) is 0. The van der Waals surface area contributed by atoms with E-state index in [-0.39, 0.29) is 0 Å². The van der Waals surface area contributed by atoms with Gasteiger partial charge in [-0.1, -0.05) is 18.7 Å². The van der Waals surface area contributed by atoms with E-state index in [0.29, 0.717) is 5.75 Å². The molecule has 1 aromatic rings. The summed E-state index contributed by atoms with van der Waals surface area (Å²) < 4.78 is 10.1. The Morgan fingerprint density at radius 3 is 2.47 bits per heavy atom. The summed E-state index contributed by atoms with van der Waals surface area (Å²) in [5.41, 5.74) is 1.47. The van der Waals surface area contributed by atoms with Gasteiger partial charge in [-0.15, -0.1) is 0 Å². The van der Waals surface area contributed by atoms with Crippen LogP contribution < -0.4 is 4.74 Å². The van der Waals surface area contributed by atoms with Crippen molar-refractivity contribution in [3.05, 3.63) is 35.9 Å². The van der Waals surface area contributed by atoms with Gasteiger partial charge < -0.3 is 9.47 Å². The van der Waals surface area contributed by atoms with Gasteiger partial charge in [0.15, 0.2) is 0 Å². The number of ether oxygens (including phenoxy) is 2. The minimum Gasteiger partial charge on any atom is -0.428 e. The fourth-order valence-corrected chi connectivity index (χ4v) is 1.31. The minimum atomic E-state index is -0.691. The van der Waals surface area contributed by atoms with Crippen molar-refractivity contribution >= 4 is 12.2 Å². The molecule has 1 rings (SSSR count). The summed E-state index contributed by atoms with van der Waals surface area (Å²) in [6, 6.07) is 5.34. The van der Waals surface area contributed by atoms with Gasteiger partial charge >= 0.3 is 6.16 Å². The number of hydrogen-bond donors (Lipinski definition) is 0. The van der Waals surface area contributed by atoms with Gasteiger partial charge in [0.1, 0.15) is 11.4 Å². The Morgan fingerprint density at radius 2 is 2.00 bits per heavy atom. The van der Waals surface area contributed by atoms with Gasteiger partial charge in [0.2, 0.25) is 0 Å². The summed E-state index contributed by atoms with van der Waals surface area (Å²) in [5.74, 6) is 0.474. The average Bonchev–Trinajstić information content (AvgIpc) is 2.14. The van der Waals surface area contributed by atoms with Gasteiger partial charge in [-0.25, -0.2) is 4.79 Å². The van der Waals surface area contributed by atoms with Crippen LogP contribution in [0.1, 0.15) is 31.9 Å². The molecule has 0 atom stereocenters. The number of hydrogen-bond acceptors (Lipinski definition) is 3. The van der Waals surface area contributed by atoms with Crippen molar-refractivity contribution in [3.8, 4) is 5.75 Å². The highest BCUT2D eigenvalue weighted by Crippen LogP contribution is 2.19. The third-order valence-corrected chi connectivity index (χ3v) is 2.05. The molecule has 0 aromatic heterocycles. The molecule has 0 aliphatic rings. The number of benzene rings is 1. The SMILES string of the molecule is C=Cc1ccc(OC(=O)OC(C)(C)C)cc1C. The standard InChI is InChI=1S/C14H18O3/c1-6-11-7-8-12(9-10(11)2)16-13(15)17-14(3,4)5/h6-9H,1H2,2-5H3. The normalized spacial score (nSPS) is 10.8. The Morgan fingerprint density at radius 1 is 1.35 bits per heavy atom. The van der Waals surface area contributed by atoms with Crippen LogP contribution in [0, 0.1) is 6.92 Å². The van der Waals surface area contributed by atoms with E-state index >= 15 is 0 Å². The summed E-state index contributed by atoms with van der Waals surface area (Å²) >= 11 is 0. The summed E-state index contributed by atoms with van der Waals surface area (Å²) in [6.07, 6.45) is 1.07. The fraction of sp³-hybridized carbons (Fsp3) is 0.357. The molecule has 0 amide bonds. The van der Waals surface area contributed by atoms with E-state index < -0.39 is 11.8 Å². The summed E-state index contributed by atoms with van der Waals surface area (Å²) in [6.45, 7) is 11.0. The minimum absolute atomic E-state index is 0.474. The Hall–Kier alpha value is -1.77. The molecule has 3 nitrogen and oxygen atoms in total. The Balaban J connectivity index is 2.73. The maximum atomic E-state index is 11.4. The van der Waals surface area contributed by atoms with Crippen LogP contribution >= 0.6 is 0 Å². The molecular formula is C14H18O3. The van der Waals surface area contributed by atoms with Crippen molar-refractivity contribution in [3.63, 3.8) is 0 Å². The molecule has 0 aliphatic heterocycles. The number of aryl methyl sites for hydroxylation is 1. The highest BCUT2D eigenvalue weighted by Gasteiger charge is 2.18. The Labute approximate surface area is 102 Å². The maximum absolute atomic E-state index is 11.4. The highest BCUT2D eigenvalue weighted by molar-refractivity contribution is 5.65. The van der Waals surface area contributed by atoms with Crippen LogP contribution in [0.25, 0.3) is 6.08 Å². The lowest BCUT2D eigenvalue weighted by Crippen LogP contribution is -2.25. The zero-order valence-corrected chi connectivity index (χ0v) is 10.7. The zero-order valence-electron chi connectivity index (χ0n) is 10.7. The van der Waals surface area contributed by atoms with E-state index in [9.17, 15) is 4.79 Å². The van der Waals surface area contributed by atoms with E-state index in [4.69, 9.17) is 9.47 Å². The van der Waals surface area contributed by atoms with Crippen LogP contribution in [0.3, 0.4) is 0 Å². The van der Waals surface area contributed by atoms with Crippen molar-refractivity contribution in [2.75, 3.05) is 0 Å². The number of carbonyl (C=O) groups is 1. The second kappa shape index (κ2) is 5.04. The van der Waals surface area contributed by atoms with Gasteiger partial charge in [-0.3, -0.25) is 0 Å². The van der Waals surface area contributed by atoms with E-state index in [0.717, 1.165) is 11.1 Å². The molecule has 0 unspecified atom stereocenters. The quantitative estimate of drug-likeness (QED) is 0.574. The molecule has 17 heavy (non-hydrogen) atoms. The molecule has 0 bridgehead atoms. The molecule has 0 aliphatic carbocycles. The first-order valence-electron chi connectivity index (χ1n) is 5.46. The van der Waals surface area contributed by atoms with E-state index in [2.05, 4.69) is 6.58 Å². The van der Waals surface area contributed by atoms with Gasteiger partial charge in [-0.2, -0.15) is 0 Å². The molecule has 3 heteroatoms.